The van der Waals surface area contributed by atoms with E-state index in [4.69, 9.17) is 16.3 Å². The first-order valence-electron chi connectivity index (χ1n) is 4.51. The van der Waals surface area contributed by atoms with Crippen LogP contribution in [0.2, 0.25) is 5.15 Å². The normalized spacial score (nSPS) is 10.9. The van der Waals surface area contributed by atoms with Gasteiger partial charge >= 0.3 is 0 Å². The first kappa shape index (κ1) is 11.4. The number of hydrogen-bond donors (Lipinski definition) is 0. The summed E-state index contributed by atoms with van der Waals surface area (Å²) in [4.78, 5) is 6.17. The molecule has 0 amide bonds. The number of halogens is 1. The van der Waals surface area contributed by atoms with Gasteiger partial charge in [-0.3, -0.25) is 4.90 Å². The van der Waals surface area contributed by atoms with Crippen molar-refractivity contribution in [2.75, 3.05) is 27.3 Å². The van der Waals surface area contributed by atoms with E-state index in [0.717, 1.165) is 25.3 Å². The monoisotopic (exact) mass is 214 g/mol. The zero-order valence-corrected chi connectivity index (χ0v) is 9.29. The third-order valence-electron chi connectivity index (χ3n) is 1.95. The quantitative estimate of drug-likeness (QED) is 0.700. The largest absolute Gasteiger partial charge is 0.383 e. The molecule has 0 saturated carbocycles. The molecule has 0 N–H and O–H groups in total. The SMILES string of the molecule is COCCN(C)Cc1cccnc1Cl. The van der Waals surface area contributed by atoms with E-state index in [2.05, 4.69) is 9.88 Å². The Balaban J connectivity index is 2.47. The summed E-state index contributed by atoms with van der Waals surface area (Å²) < 4.78 is 4.99. The van der Waals surface area contributed by atoms with Crippen molar-refractivity contribution >= 4 is 11.6 Å². The van der Waals surface area contributed by atoms with Crippen LogP contribution >= 0.6 is 11.6 Å². The summed E-state index contributed by atoms with van der Waals surface area (Å²) in [6.45, 7) is 2.42. The average molecular weight is 215 g/mol. The zero-order valence-electron chi connectivity index (χ0n) is 8.53. The van der Waals surface area contributed by atoms with Gasteiger partial charge in [-0.2, -0.15) is 0 Å². The number of aromatic nitrogens is 1. The van der Waals surface area contributed by atoms with E-state index in [-0.39, 0.29) is 0 Å². The molecule has 1 aromatic rings. The zero-order chi connectivity index (χ0) is 10.4. The molecule has 0 aliphatic heterocycles. The van der Waals surface area contributed by atoms with E-state index < -0.39 is 0 Å². The summed E-state index contributed by atoms with van der Waals surface area (Å²) in [5.41, 5.74) is 1.05. The second kappa shape index (κ2) is 5.96. The smallest absolute Gasteiger partial charge is 0.133 e. The summed E-state index contributed by atoms with van der Waals surface area (Å²) in [7, 11) is 3.73. The molecular weight excluding hydrogens is 200 g/mol. The van der Waals surface area contributed by atoms with Gasteiger partial charge in [-0.15, -0.1) is 0 Å². The number of nitrogens with zero attached hydrogens (tertiary/aromatic N) is 2. The average Bonchev–Trinajstić information content (AvgIpc) is 2.18. The topological polar surface area (TPSA) is 25.4 Å². The molecule has 0 aliphatic rings. The maximum absolute atomic E-state index is 5.93. The fourth-order valence-electron chi connectivity index (χ4n) is 1.15. The van der Waals surface area contributed by atoms with Crippen LogP contribution in [-0.4, -0.2) is 37.2 Å². The van der Waals surface area contributed by atoms with Gasteiger partial charge in [0.15, 0.2) is 0 Å². The molecule has 0 aromatic carbocycles. The van der Waals surface area contributed by atoms with Crippen LogP contribution in [-0.2, 0) is 11.3 Å². The first-order chi connectivity index (χ1) is 6.74. The van der Waals surface area contributed by atoms with Crippen molar-refractivity contribution in [2.24, 2.45) is 0 Å². The summed E-state index contributed by atoms with van der Waals surface area (Å²) in [6.07, 6.45) is 1.70. The number of pyridine rings is 1. The first-order valence-corrected chi connectivity index (χ1v) is 4.88. The fraction of sp³-hybridized carbons (Fsp3) is 0.500. The molecule has 0 fully saturated rings. The van der Waals surface area contributed by atoms with Crippen molar-refractivity contribution in [2.45, 2.75) is 6.54 Å². The minimum Gasteiger partial charge on any atom is -0.383 e. The Hall–Kier alpha value is -0.640. The van der Waals surface area contributed by atoms with Crippen molar-refractivity contribution < 1.29 is 4.74 Å². The van der Waals surface area contributed by atoms with Gasteiger partial charge in [0.2, 0.25) is 0 Å². The highest BCUT2D eigenvalue weighted by Crippen LogP contribution is 2.12. The molecule has 0 saturated heterocycles. The maximum atomic E-state index is 5.93. The van der Waals surface area contributed by atoms with E-state index in [1.807, 2.05) is 19.2 Å². The molecule has 0 atom stereocenters. The third-order valence-corrected chi connectivity index (χ3v) is 2.29. The van der Waals surface area contributed by atoms with E-state index >= 15 is 0 Å². The Morgan fingerprint density at radius 3 is 3.00 bits per heavy atom. The highest BCUT2D eigenvalue weighted by molar-refractivity contribution is 6.30. The van der Waals surface area contributed by atoms with Crippen molar-refractivity contribution in [3.8, 4) is 0 Å². The second-order valence-corrected chi connectivity index (χ2v) is 3.54. The Morgan fingerprint density at radius 2 is 2.36 bits per heavy atom. The van der Waals surface area contributed by atoms with Crippen LogP contribution in [0.25, 0.3) is 0 Å². The van der Waals surface area contributed by atoms with Gasteiger partial charge in [0.1, 0.15) is 5.15 Å². The number of likely N-dealkylation sites (N-methyl/N-ethyl adjacent to an activating group) is 1. The Kier molecular flexibility index (Phi) is 4.87. The predicted molar refractivity (Wildman–Crippen MR) is 57.5 cm³/mol. The van der Waals surface area contributed by atoms with Crippen LogP contribution in [0.15, 0.2) is 18.3 Å². The standard InChI is InChI=1S/C10H15ClN2O/c1-13(6-7-14-2)8-9-4-3-5-12-10(9)11/h3-5H,6-8H2,1-2H3. The van der Waals surface area contributed by atoms with Gasteiger partial charge in [-0.1, -0.05) is 17.7 Å². The number of rotatable bonds is 5. The maximum Gasteiger partial charge on any atom is 0.133 e. The Bertz CT molecular complexity index is 281. The van der Waals surface area contributed by atoms with E-state index in [1.54, 1.807) is 13.3 Å². The van der Waals surface area contributed by atoms with Gasteiger partial charge in [0.25, 0.3) is 0 Å². The molecule has 3 nitrogen and oxygen atoms in total. The van der Waals surface area contributed by atoms with E-state index in [1.165, 1.54) is 0 Å². The van der Waals surface area contributed by atoms with Crippen LogP contribution in [0.1, 0.15) is 5.56 Å². The molecule has 0 radical (unpaired) electrons. The summed E-state index contributed by atoms with van der Waals surface area (Å²) in [5.74, 6) is 0. The fourth-order valence-corrected chi connectivity index (χ4v) is 1.33. The van der Waals surface area contributed by atoms with Crippen LogP contribution in [0.4, 0.5) is 0 Å². The number of hydrogen-bond acceptors (Lipinski definition) is 3. The van der Waals surface area contributed by atoms with Gasteiger partial charge < -0.3 is 4.74 Å². The van der Waals surface area contributed by atoms with Gasteiger partial charge in [0, 0.05) is 32.0 Å². The molecule has 78 valence electrons. The van der Waals surface area contributed by atoms with Crippen molar-refractivity contribution in [3.63, 3.8) is 0 Å². The van der Waals surface area contributed by atoms with Crippen LogP contribution in [0, 0.1) is 0 Å². The van der Waals surface area contributed by atoms with Crippen molar-refractivity contribution in [1.82, 2.24) is 9.88 Å². The molecule has 0 spiro atoms. The highest BCUT2D eigenvalue weighted by Gasteiger charge is 2.03. The van der Waals surface area contributed by atoms with Crippen LogP contribution in [0.5, 0.6) is 0 Å². The molecule has 1 rings (SSSR count). The molecule has 14 heavy (non-hydrogen) atoms. The van der Waals surface area contributed by atoms with Crippen molar-refractivity contribution in [1.29, 1.82) is 0 Å². The minimum atomic E-state index is 0.580. The Labute approximate surface area is 89.7 Å². The summed E-state index contributed by atoms with van der Waals surface area (Å²) in [5, 5.41) is 0.580. The summed E-state index contributed by atoms with van der Waals surface area (Å²) in [6, 6.07) is 3.88. The van der Waals surface area contributed by atoms with E-state index in [9.17, 15) is 0 Å². The molecule has 1 heterocycles. The molecule has 0 aliphatic carbocycles. The highest BCUT2D eigenvalue weighted by atomic mass is 35.5. The lowest BCUT2D eigenvalue weighted by atomic mass is 10.3. The molecule has 0 bridgehead atoms. The number of methoxy groups -OCH3 is 1. The van der Waals surface area contributed by atoms with Gasteiger partial charge in [-0.25, -0.2) is 4.98 Å². The van der Waals surface area contributed by atoms with Crippen LogP contribution in [0.3, 0.4) is 0 Å². The molecule has 0 unspecified atom stereocenters. The van der Waals surface area contributed by atoms with Crippen molar-refractivity contribution in [3.05, 3.63) is 29.0 Å². The summed E-state index contributed by atoms with van der Waals surface area (Å²) >= 11 is 5.93. The van der Waals surface area contributed by atoms with Crippen LogP contribution < -0.4 is 0 Å². The second-order valence-electron chi connectivity index (χ2n) is 3.18. The lowest BCUT2D eigenvalue weighted by Crippen LogP contribution is -2.22. The molecule has 1 aromatic heterocycles. The Morgan fingerprint density at radius 1 is 1.57 bits per heavy atom. The third kappa shape index (κ3) is 3.62. The minimum absolute atomic E-state index is 0.580. The molecular formula is C10H15ClN2O. The lowest BCUT2D eigenvalue weighted by molar-refractivity contribution is 0.158. The van der Waals surface area contributed by atoms with E-state index in [0.29, 0.717) is 5.15 Å². The van der Waals surface area contributed by atoms with Gasteiger partial charge in [-0.05, 0) is 13.1 Å². The number of ether oxygens (including phenoxy) is 1. The predicted octanol–water partition coefficient (Wildman–Crippen LogP) is 1.81. The lowest BCUT2D eigenvalue weighted by Gasteiger charge is -2.16. The van der Waals surface area contributed by atoms with Gasteiger partial charge in [0.05, 0.1) is 6.61 Å². The molecule has 4 heteroatoms.